The van der Waals surface area contributed by atoms with Gasteiger partial charge in [0.15, 0.2) is 6.29 Å². The van der Waals surface area contributed by atoms with E-state index in [0.29, 0.717) is 6.04 Å². The molecule has 1 saturated carbocycles. The number of hydrogen-bond acceptors (Lipinski definition) is 3. The van der Waals surface area contributed by atoms with Crippen molar-refractivity contribution in [2.24, 2.45) is 11.8 Å². The molecule has 1 rings (SSSR count). The number of nitrogens with one attached hydrogen (secondary N) is 1. The Morgan fingerprint density at radius 3 is 1.88 bits per heavy atom. The molecule has 0 radical (unpaired) electrons. The predicted molar refractivity (Wildman–Crippen MR) is 71.0 cm³/mol. The zero-order valence-corrected chi connectivity index (χ0v) is 12.0. The molecule has 0 bridgehead atoms. The molecule has 3 heteroatoms. The SMILES string of the molecule is COC(OC)C(C)NC1CCC(C(C)C)CC1. The van der Waals surface area contributed by atoms with Gasteiger partial charge in [0.1, 0.15) is 0 Å². The van der Waals surface area contributed by atoms with E-state index in [0.717, 1.165) is 11.8 Å². The topological polar surface area (TPSA) is 30.5 Å². The second-order valence-corrected chi connectivity index (χ2v) is 5.65. The molecule has 0 amide bonds. The first kappa shape index (κ1) is 14.9. The van der Waals surface area contributed by atoms with E-state index >= 15 is 0 Å². The van der Waals surface area contributed by atoms with Crippen LogP contribution in [0.3, 0.4) is 0 Å². The predicted octanol–water partition coefficient (Wildman–Crippen LogP) is 2.80. The average Bonchev–Trinajstić information content (AvgIpc) is 2.31. The number of rotatable bonds is 6. The fourth-order valence-electron chi connectivity index (χ4n) is 2.91. The van der Waals surface area contributed by atoms with Gasteiger partial charge in [-0.05, 0) is 44.4 Å². The summed E-state index contributed by atoms with van der Waals surface area (Å²) in [5.74, 6) is 1.75. The first-order valence-corrected chi connectivity index (χ1v) is 6.90. The fourth-order valence-corrected chi connectivity index (χ4v) is 2.91. The molecule has 1 aliphatic carbocycles. The third-order valence-electron chi connectivity index (χ3n) is 4.09. The Morgan fingerprint density at radius 1 is 0.941 bits per heavy atom. The zero-order chi connectivity index (χ0) is 12.8. The first-order valence-electron chi connectivity index (χ1n) is 6.90. The summed E-state index contributed by atoms with van der Waals surface area (Å²) < 4.78 is 10.6. The quantitative estimate of drug-likeness (QED) is 0.728. The highest BCUT2D eigenvalue weighted by molar-refractivity contribution is 4.81. The molecule has 0 saturated heterocycles. The molecule has 0 aromatic rings. The molecule has 1 unspecified atom stereocenters. The van der Waals surface area contributed by atoms with Gasteiger partial charge in [0.25, 0.3) is 0 Å². The van der Waals surface area contributed by atoms with Gasteiger partial charge in [-0.3, -0.25) is 0 Å². The summed E-state index contributed by atoms with van der Waals surface area (Å²) in [5.41, 5.74) is 0. The van der Waals surface area contributed by atoms with Crippen molar-refractivity contribution in [1.29, 1.82) is 0 Å². The van der Waals surface area contributed by atoms with E-state index in [1.165, 1.54) is 25.7 Å². The molecular weight excluding hydrogens is 214 g/mol. The van der Waals surface area contributed by atoms with Crippen molar-refractivity contribution in [1.82, 2.24) is 5.32 Å². The van der Waals surface area contributed by atoms with Crippen LogP contribution in [-0.2, 0) is 9.47 Å². The second-order valence-electron chi connectivity index (χ2n) is 5.65. The largest absolute Gasteiger partial charge is 0.354 e. The van der Waals surface area contributed by atoms with Crippen molar-refractivity contribution < 1.29 is 9.47 Å². The molecule has 1 fully saturated rings. The van der Waals surface area contributed by atoms with E-state index < -0.39 is 0 Å². The van der Waals surface area contributed by atoms with Crippen molar-refractivity contribution in [3.05, 3.63) is 0 Å². The minimum atomic E-state index is -0.141. The maximum atomic E-state index is 5.28. The molecule has 1 N–H and O–H groups in total. The van der Waals surface area contributed by atoms with Crippen molar-refractivity contribution >= 4 is 0 Å². The molecule has 1 aliphatic rings. The molecule has 0 spiro atoms. The van der Waals surface area contributed by atoms with E-state index in [9.17, 15) is 0 Å². The summed E-state index contributed by atoms with van der Waals surface area (Å²) in [7, 11) is 3.39. The fraction of sp³-hybridized carbons (Fsp3) is 1.00. The minimum absolute atomic E-state index is 0.141. The highest BCUT2D eigenvalue weighted by Gasteiger charge is 2.26. The van der Waals surface area contributed by atoms with Crippen molar-refractivity contribution in [2.75, 3.05) is 14.2 Å². The molecule has 0 aliphatic heterocycles. The Hall–Kier alpha value is -0.120. The van der Waals surface area contributed by atoms with E-state index in [-0.39, 0.29) is 12.3 Å². The summed E-state index contributed by atoms with van der Waals surface area (Å²) in [6, 6.07) is 0.887. The summed E-state index contributed by atoms with van der Waals surface area (Å²) in [6.07, 6.45) is 5.14. The molecule has 17 heavy (non-hydrogen) atoms. The molecule has 0 aromatic heterocycles. The van der Waals surface area contributed by atoms with Gasteiger partial charge in [0.05, 0.1) is 6.04 Å². The maximum absolute atomic E-state index is 5.28. The van der Waals surface area contributed by atoms with E-state index in [4.69, 9.17) is 9.47 Å². The maximum Gasteiger partial charge on any atom is 0.171 e. The lowest BCUT2D eigenvalue weighted by Crippen LogP contribution is -2.46. The van der Waals surface area contributed by atoms with Crippen LogP contribution in [0.2, 0.25) is 0 Å². The minimum Gasteiger partial charge on any atom is -0.354 e. The Kier molecular flexibility index (Phi) is 6.45. The molecule has 0 aromatic carbocycles. The van der Waals surface area contributed by atoms with Crippen LogP contribution in [0.15, 0.2) is 0 Å². The van der Waals surface area contributed by atoms with Gasteiger partial charge in [-0.1, -0.05) is 13.8 Å². The monoisotopic (exact) mass is 243 g/mol. The molecule has 1 atom stereocenters. The second kappa shape index (κ2) is 7.34. The third kappa shape index (κ3) is 4.57. The van der Waals surface area contributed by atoms with Crippen molar-refractivity contribution in [2.45, 2.75) is 64.8 Å². The molecule has 3 nitrogen and oxygen atoms in total. The van der Waals surface area contributed by atoms with Crippen molar-refractivity contribution in [3.63, 3.8) is 0 Å². The highest BCUT2D eigenvalue weighted by Crippen LogP contribution is 2.30. The van der Waals surface area contributed by atoms with Crippen LogP contribution in [-0.4, -0.2) is 32.6 Å². The van der Waals surface area contributed by atoms with Crippen LogP contribution in [0.25, 0.3) is 0 Å². The van der Waals surface area contributed by atoms with Crippen LogP contribution >= 0.6 is 0 Å². The number of ether oxygens (including phenoxy) is 2. The van der Waals surface area contributed by atoms with Crippen LogP contribution in [0.4, 0.5) is 0 Å². The molecule has 102 valence electrons. The van der Waals surface area contributed by atoms with E-state index in [1.54, 1.807) is 14.2 Å². The Labute approximate surface area is 106 Å². The molecule has 0 heterocycles. The van der Waals surface area contributed by atoms with Gasteiger partial charge in [0.2, 0.25) is 0 Å². The summed E-state index contributed by atoms with van der Waals surface area (Å²) >= 11 is 0. The summed E-state index contributed by atoms with van der Waals surface area (Å²) in [6.45, 7) is 6.81. The number of methoxy groups -OCH3 is 2. The third-order valence-corrected chi connectivity index (χ3v) is 4.09. The van der Waals surface area contributed by atoms with E-state index in [1.807, 2.05) is 0 Å². The average molecular weight is 243 g/mol. The van der Waals surface area contributed by atoms with Crippen molar-refractivity contribution in [3.8, 4) is 0 Å². The van der Waals surface area contributed by atoms with Crippen LogP contribution < -0.4 is 5.32 Å². The first-order chi connectivity index (χ1) is 8.08. The van der Waals surface area contributed by atoms with Crippen LogP contribution in [0.5, 0.6) is 0 Å². The summed E-state index contributed by atoms with van der Waals surface area (Å²) in [4.78, 5) is 0. The Morgan fingerprint density at radius 2 is 1.47 bits per heavy atom. The Balaban J connectivity index is 2.30. The highest BCUT2D eigenvalue weighted by atomic mass is 16.7. The standard InChI is InChI=1S/C14H29NO2/c1-10(2)12-6-8-13(9-7-12)15-11(3)14(16-4)17-5/h10-15H,6-9H2,1-5H3. The lowest BCUT2D eigenvalue weighted by molar-refractivity contribution is -0.121. The molecular formula is C14H29NO2. The lowest BCUT2D eigenvalue weighted by atomic mass is 9.79. The van der Waals surface area contributed by atoms with Gasteiger partial charge in [0, 0.05) is 20.3 Å². The zero-order valence-electron chi connectivity index (χ0n) is 12.0. The van der Waals surface area contributed by atoms with Gasteiger partial charge in [-0.25, -0.2) is 0 Å². The van der Waals surface area contributed by atoms with Crippen LogP contribution in [0.1, 0.15) is 46.5 Å². The Bertz CT molecular complexity index is 196. The van der Waals surface area contributed by atoms with Gasteiger partial charge in [-0.15, -0.1) is 0 Å². The van der Waals surface area contributed by atoms with Gasteiger partial charge < -0.3 is 14.8 Å². The van der Waals surface area contributed by atoms with E-state index in [2.05, 4.69) is 26.1 Å². The van der Waals surface area contributed by atoms with Gasteiger partial charge >= 0.3 is 0 Å². The number of hydrogen-bond donors (Lipinski definition) is 1. The summed E-state index contributed by atoms with van der Waals surface area (Å²) in [5, 5.41) is 3.63. The van der Waals surface area contributed by atoms with Crippen LogP contribution in [0, 0.1) is 11.8 Å². The smallest absolute Gasteiger partial charge is 0.171 e. The van der Waals surface area contributed by atoms with Gasteiger partial charge in [-0.2, -0.15) is 0 Å². The lowest BCUT2D eigenvalue weighted by Gasteiger charge is -2.34. The normalized spacial score (nSPS) is 27.7.